The summed E-state index contributed by atoms with van der Waals surface area (Å²) in [6.45, 7) is 0. The molecule has 0 fully saturated rings. The first-order valence-electron chi connectivity index (χ1n) is 5.12. The molecule has 0 aliphatic rings. The Morgan fingerprint density at radius 3 is 2.88 bits per heavy atom. The molecule has 2 aromatic heterocycles. The second kappa shape index (κ2) is 3.53. The van der Waals surface area contributed by atoms with E-state index in [9.17, 15) is 0 Å². The van der Waals surface area contributed by atoms with Crippen molar-refractivity contribution in [1.82, 2.24) is 9.72 Å². The first kappa shape index (κ1) is 10.2. The van der Waals surface area contributed by atoms with Crippen molar-refractivity contribution in [3.8, 4) is 11.3 Å². The van der Waals surface area contributed by atoms with E-state index in [4.69, 9.17) is 21.9 Å². The summed E-state index contributed by atoms with van der Waals surface area (Å²) in [6, 6.07) is 7.46. The van der Waals surface area contributed by atoms with Crippen molar-refractivity contribution in [3.05, 3.63) is 35.5 Å². The minimum atomic E-state index is 0.305. The van der Waals surface area contributed by atoms with Crippen molar-refractivity contribution in [2.75, 3.05) is 5.73 Å². The van der Waals surface area contributed by atoms with E-state index >= 15 is 0 Å². The molecule has 0 amide bonds. The van der Waals surface area contributed by atoms with Gasteiger partial charge < -0.3 is 14.8 Å². The predicted molar refractivity (Wildman–Crippen MR) is 67.8 cm³/mol. The van der Waals surface area contributed by atoms with Crippen molar-refractivity contribution in [2.45, 2.75) is 0 Å². The molecule has 0 bridgehead atoms. The van der Waals surface area contributed by atoms with Crippen LogP contribution in [0.3, 0.4) is 0 Å². The molecule has 0 spiro atoms. The third kappa shape index (κ3) is 1.57. The van der Waals surface area contributed by atoms with Gasteiger partial charge in [-0.1, -0.05) is 16.8 Å². The molecule has 0 saturated heterocycles. The summed E-state index contributed by atoms with van der Waals surface area (Å²) in [5.74, 6) is 0.305. The summed E-state index contributed by atoms with van der Waals surface area (Å²) in [6.07, 6.45) is 1.98. The maximum atomic E-state index is 6.01. The minimum Gasteiger partial charge on any atom is -0.368 e. The van der Waals surface area contributed by atoms with E-state index < -0.39 is 0 Å². The highest BCUT2D eigenvalue weighted by molar-refractivity contribution is 6.31. The van der Waals surface area contributed by atoms with Crippen molar-refractivity contribution in [1.29, 1.82) is 0 Å². The average molecular weight is 248 g/mol. The number of rotatable bonds is 1. The Morgan fingerprint density at radius 2 is 2.18 bits per heavy atom. The number of aromatic nitrogens is 2. The fourth-order valence-corrected chi connectivity index (χ4v) is 2.16. The highest BCUT2D eigenvalue weighted by atomic mass is 35.5. The lowest BCUT2D eigenvalue weighted by atomic mass is 10.1. The zero-order valence-corrected chi connectivity index (χ0v) is 9.90. The van der Waals surface area contributed by atoms with Crippen LogP contribution < -0.4 is 5.73 Å². The van der Waals surface area contributed by atoms with Crippen LogP contribution in [0.2, 0.25) is 5.02 Å². The van der Waals surface area contributed by atoms with Crippen LogP contribution in [0.15, 0.2) is 35.0 Å². The van der Waals surface area contributed by atoms with Crippen molar-refractivity contribution < 1.29 is 4.52 Å². The quantitative estimate of drug-likeness (QED) is 0.719. The molecule has 0 aliphatic carbocycles. The van der Waals surface area contributed by atoms with Gasteiger partial charge in [0, 0.05) is 40.8 Å². The monoisotopic (exact) mass is 247 g/mol. The van der Waals surface area contributed by atoms with Gasteiger partial charge in [0.25, 0.3) is 0 Å². The number of aryl methyl sites for hydroxylation is 1. The van der Waals surface area contributed by atoms with E-state index in [1.54, 1.807) is 6.07 Å². The van der Waals surface area contributed by atoms with Gasteiger partial charge in [0.05, 0.1) is 0 Å². The first-order chi connectivity index (χ1) is 8.15. The van der Waals surface area contributed by atoms with Crippen LogP contribution in [-0.4, -0.2) is 9.72 Å². The zero-order valence-electron chi connectivity index (χ0n) is 9.14. The van der Waals surface area contributed by atoms with Gasteiger partial charge in [-0.05, 0) is 18.2 Å². The Labute approximate surface area is 103 Å². The second-order valence-corrected chi connectivity index (χ2v) is 4.37. The lowest BCUT2D eigenvalue weighted by Gasteiger charge is -1.96. The molecule has 4 nitrogen and oxygen atoms in total. The lowest BCUT2D eigenvalue weighted by Crippen LogP contribution is -1.82. The van der Waals surface area contributed by atoms with Gasteiger partial charge in [0.15, 0.2) is 0 Å². The highest BCUT2D eigenvalue weighted by Gasteiger charge is 2.12. The number of hydrogen-bond donors (Lipinski definition) is 1. The van der Waals surface area contributed by atoms with Crippen molar-refractivity contribution >= 4 is 28.4 Å². The molecule has 0 aliphatic heterocycles. The fourth-order valence-electron chi connectivity index (χ4n) is 1.98. The average Bonchev–Trinajstić information content (AvgIpc) is 2.83. The van der Waals surface area contributed by atoms with Crippen LogP contribution in [0.1, 0.15) is 0 Å². The number of nitrogens with two attached hydrogens (primary N) is 1. The Hall–Kier alpha value is -1.94. The van der Waals surface area contributed by atoms with E-state index in [0.717, 1.165) is 22.2 Å². The van der Waals surface area contributed by atoms with Gasteiger partial charge in [-0.2, -0.15) is 0 Å². The summed E-state index contributed by atoms with van der Waals surface area (Å²) < 4.78 is 6.91. The third-order valence-corrected chi connectivity index (χ3v) is 2.99. The van der Waals surface area contributed by atoms with E-state index in [1.165, 1.54) is 0 Å². The number of halogens is 1. The van der Waals surface area contributed by atoms with Gasteiger partial charge in [0.1, 0.15) is 5.69 Å². The molecule has 5 heteroatoms. The van der Waals surface area contributed by atoms with Crippen LogP contribution in [0.25, 0.3) is 22.2 Å². The SMILES string of the molecule is Cn1cc(-c2cc(N)on2)c2cc(Cl)ccc21. The molecule has 0 saturated carbocycles. The highest BCUT2D eigenvalue weighted by Crippen LogP contribution is 2.31. The summed E-state index contributed by atoms with van der Waals surface area (Å²) in [5.41, 5.74) is 8.30. The molecular formula is C12H10ClN3O. The lowest BCUT2D eigenvalue weighted by molar-refractivity contribution is 0.439. The van der Waals surface area contributed by atoms with E-state index in [2.05, 4.69) is 5.16 Å². The fraction of sp³-hybridized carbons (Fsp3) is 0.0833. The molecule has 17 heavy (non-hydrogen) atoms. The molecule has 86 valence electrons. The van der Waals surface area contributed by atoms with E-state index in [0.29, 0.717) is 10.9 Å². The Balaban J connectivity index is 2.33. The number of anilines is 1. The third-order valence-electron chi connectivity index (χ3n) is 2.76. The predicted octanol–water partition coefficient (Wildman–Crippen LogP) is 3.07. The number of benzene rings is 1. The molecule has 0 radical (unpaired) electrons. The first-order valence-corrected chi connectivity index (χ1v) is 5.50. The smallest absolute Gasteiger partial charge is 0.222 e. The number of nitrogen functional groups attached to an aromatic ring is 1. The molecule has 0 unspecified atom stereocenters. The molecule has 1 aromatic carbocycles. The van der Waals surface area contributed by atoms with E-state index in [1.807, 2.05) is 36.0 Å². The summed E-state index contributed by atoms with van der Waals surface area (Å²) in [5, 5.41) is 5.65. The Morgan fingerprint density at radius 1 is 1.35 bits per heavy atom. The normalized spacial score (nSPS) is 11.2. The van der Waals surface area contributed by atoms with Gasteiger partial charge in [-0.3, -0.25) is 0 Å². The summed E-state index contributed by atoms with van der Waals surface area (Å²) in [7, 11) is 1.98. The van der Waals surface area contributed by atoms with Crippen LogP contribution in [-0.2, 0) is 7.05 Å². The summed E-state index contributed by atoms with van der Waals surface area (Å²) in [4.78, 5) is 0. The van der Waals surface area contributed by atoms with Crippen LogP contribution in [0.5, 0.6) is 0 Å². The molecule has 2 heterocycles. The van der Waals surface area contributed by atoms with Crippen LogP contribution in [0.4, 0.5) is 5.88 Å². The molecule has 0 atom stereocenters. The van der Waals surface area contributed by atoms with Crippen LogP contribution >= 0.6 is 11.6 Å². The standard InChI is InChI=1S/C12H10ClN3O/c1-16-6-9(10-5-12(14)17-15-10)8-4-7(13)2-3-11(8)16/h2-6H,14H2,1H3. The van der Waals surface area contributed by atoms with E-state index in [-0.39, 0.29) is 0 Å². The molecule has 2 N–H and O–H groups in total. The number of hydrogen-bond acceptors (Lipinski definition) is 3. The molecule has 3 aromatic rings. The van der Waals surface area contributed by atoms with Gasteiger partial charge >= 0.3 is 0 Å². The number of fused-ring (bicyclic) bond motifs is 1. The van der Waals surface area contributed by atoms with Crippen molar-refractivity contribution in [3.63, 3.8) is 0 Å². The number of nitrogens with zero attached hydrogens (tertiary/aromatic N) is 2. The molecule has 3 rings (SSSR count). The molecular weight excluding hydrogens is 238 g/mol. The topological polar surface area (TPSA) is 57.0 Å². The summed E-state index contributed by atoms with van der Waals surface area (Å²) >= 11 is 6.01. The maximum absolute atomic E-state index is 6.01. The zero-order chi connectivity index (χ0) is 12.0. The maximum Gasteiger partial charge on any atom is 0.222 e. The Bertz CT molecular complexity index is 699. The van der Waals surface area contributed by atoms with Gasteiger partial charge in [-0.15, -0.1) is 0 Å². The van der Waals surface area contributed by atoms with Gasteiger partial charge in [-0.25, -0.2) is 0 Å². The van der Waals surface area contributed by atoms with Crippen LogP contribution in [0, 0.1) is 0 Å². The second-order valence-electron chi connectivity index (χ2n) is 3.93. The Kier molecular flexibility index (Phi) is 2.12. The largest absolute Gasteiger partial charge is 0.368 e. The van der Waals surface area contributed by atoms with Crippen molar-refractivity contribution in [2.24, 2.45) is 7.05 Å². The minimum absolute atomic E-state index is 0.305. The van der Waals surface area contributed by atoms with Gasteiger partial charge in [0.2, 0.25) is 5.88 Å².